The normalized spacial score (nSPS) is 19.4. The molecule has 1 aliphatic heterocycles. The van der Waals surface area contributed by atoms with Gasteiger partial charge in [-0.3, -0.25) is 4.98 Å². The van der Waals surface area contributed by atoms with Crippen molar-refractivity contribution in [1.29, 1.82) is 5.26 Å². The molecule has 1 unspecified atom stereocenters. The van der Waals surface area contributed by atoms with E-state index in [2.05, 4.69) is 11.1 Å². The minimum Gasteiger partial charge on any atom is -0.480 e. The van der Waals surface area contributed by atoms with Crippen LogP contribution in [0.4, 0.5) is 5.69 Å². The third kappa shape index (κ3) is 1.70. The molecule has 0 bridgehead atoms. The van der Waals surface area contributed by atoms with Gasteiger partial charge in [0.05, 0.1) is 17.4 Å². The summed E-state index contributed by atoms with van der Waals surface area (Å²) in [4.78, 5) is 16.7. The van der Waals surface area contributed by atoms with Gasteiger partial charge in [-0.25, -0.2) is 4.79 Å². The second-order valence-electron chi connectivity index (χ2n) is 3.69. The van der Waals surface area contributed by atoms with Gasteiger partial charge in [-0.15, -0.1) is 0 Å². The second kappa shape index (κ2) is 4.19. The molecule has 0 spiro atoms. The van der Waals surface area contributed by atoms with Crippen LogP contribution in [0.25, 0.3) is 0 Å². The number of hydrogen-bond acceptors (Lipinski definition) is 4. The highest BCUT2D eigenvalue weighted by Crippen LogP contribution is 2.27. The molecule has 1 N–H and O–H groups in total. The van der Waals surface area contributed by atoms with Gasteiger partial charge in [0.1, 0.15) is 12.1 Å². The molecule has 0 aliphatic carbocycles. The average molecular weight is 217 g/mol. The molecular weight excluding hydrogens is 206 g/mol. The van der Waals surface area contributed by atoms with Crippen LogP contribution in [-0.4, -0.2) is 28.6 Å². The quantitative estimate of drug-likeness (QED) is 0.799. The summed E-state index contributed by atoms with van der Waals surface area (Å²) >= 11 is 0. The fourth-order valence-electron chi connectivity index (χ4n) is 2.02. The molecular formula is C11H11N3O2. The number of carboxylic acid groups (broad SMARTS) is 1. The lowest BCUT2D eigenvalue weighted by atomic mass is 10.2. The Morgan fingerprint density at radius 2 is 2.50 bits per heavy atom. The third-order valence-corrected chi connectivity index (χ3v) is 2.77. The van der Waals surface area contributed by atoms with Crippen LogP contribution in [0.1, 0.15) is 18.4 Å². The zero-order valence-corrected chi connectivity index (χ0v) is 8.63. The molecule has 1 aromatic rings. The maximum absolute atomic E-state index is 11.0. The van der Waals surface area contributed by atoms with E-state index in [0.29, 0.717) is 24.2 Å². The molecule has 2 heterocycles. The first kappa shape index (κ1) is 10.4. The van der Waals surface area contributed by atoms with E-state index in [0.717, 1.165) is 6.42 Å². The molecule has 0 amide bonds. The van der Waals surface area contributed by atoms with Gasteiger partial charge >= 0.3 is 5.97 Å². The summed E-state index contributed by atoms with van der Waals surface area (Å²) in [5, 5.41) is 18.0. The van der Waals surface area contributed by atoms with Gasteiger partial charge in [0.15, 0.2) is 0 Å². The van der Waals surface area contributed by atoms with E-state index >= 15 is 0 Å². The summed E-state index contributed by atoms with van der Waals surface area (Å²) in [6, 6.07) is 3.13. The summed E-state index contributed by atoms with van der Waals surface area (Å²) in [7, 11) is 0. The van der Waals surface area contributed by atoms with Gasteiger partial charge in [0.25, 0.3) is 0 Å². The fraction of sp³-hybridized carbons (Fsp3) is 0.364. The standard InChI is InChI=1S/C11H11N3O2/c12-6-8-3-4-13-7-10(8)14-5-1-2-9(14)11(15)16/h3-4,7,9H,1-2,5H2,(H,15,16). The van der Waals surface area contributed by atoms with Gasteiger partial charge in [0.2, 0.25) is 0 Å². The largest absolute Gasteiger partial charge is 0.480 e. The Morgan fingerprint density at radius 3 is 3.19 bits per heavy atom. The molecule has 82 valence electrons. The van der Waals surface area contributed by atoms with Crippen molar-refractivity contribution in [2.24, 2.45) is 0 Å². The number of carboxylic acids is 1. The zero-order valence-electron chi connectivity index (χ0n) is 8.63. The first-order chi connectivity index (χ1) is 7.74. The average Bonchev–Trinajstić information content (AvgIpc) is 2.77. The van der Waals surface area contributed by atoms with Gasteiger partial charge < -0.3 is 10.0 Å². The predicted molar refractivity (Wildman–Crippen MR) is 57.0 cm³/mol. The number of aliphatic carboxylic acids is 1. The molecule has 0 radical (unpaired) electrons. The van der Waals surface area contributed by atoms with E-state index in [1.54, 1.807) is 17.2 Å². The van der Waals surface area contributed by atoms with E-state index in [-0.39, 0.29) is 0 Å². The van der Waals surface area contributed by atoms with Gasteiger partial charge in [-0.2, -0.15) is 5.26 Å². The highest BCUT2D eigenvalue weighted by atomic mass is 16.4. The lowest BCUT2D eigenvalue weighted by molar-refractivity contribution is -0.138. The van der Waals surface area contributed by atoms with Crippen LogP contribution in [0.5, 0.6) is 0 Å². The highest BCUT2D eigenvalue weighted by Gasteiger charge is 2.31. The van der Waals surface area contributed by atoms with Crippen LogP contribution in [0.2, 0.25) is 0 Å². The van der Waals surface area contributed by atoms with Crippen LogP contribution in [0.15, 0.2) is 18.5 Å². The Hall–Kier alpha value is -2.09. The van der Waals surface area contributed by atoms with E-state index in [9.17, 15) is 4.79 Å². The lowest BCUT2D eigenvalue weighted by Gasteiger charge is -2.23. The number of nitriles is 1. The Bertz CT molecular complexity index is 453. The summed E-state index contributed by atoms with van der Waals surface area (Å²) in [6.45, 7) is 0.664. The summed E-state index contributed by atoms with van der Waals surface area (Å²) in [5.41, 5.74) is 1.10. The molecule has 1 aliphatic rings. The van der Waals surface area contributed by atoms with Gasteiger partial charge in [-0.1, -0.05) is 0 Å². The Labute approximate surface area is 92.9 Å². The topological polar surface area (TPSA) is 77.2 Å². The molecule has 5 nitrogen and oxygen atoms in total. The number of carbonyl (C=O) groups is 1. The number of hydrogen-bond donors (Lipinski definition) is 1. The van der Waals surface area contributed by atoms with Crippen molar-refractivity contribution in [3.05, 3.63) is 24.0 Å². The van der Waals surface area contributed by atoms with Crippen LogP contribution in [0, 0.1) is 11.3 Å². The summed E-state index contributed by atoms with van der Waals surface area (Å²) < 4.78 is 0. The molecule has 1 aromatic heterocycles. The van der Waals surface area contributed by atoms with Crippen molar-refractivity contribution in [1.82, 2.24) is 4.98 Å². The molecule has 1 fully saturated rings. The Kier molecular flexibility index (Phi) is 2.73. The maximum Gasteiger partial charge on any atom is 0.326 e. The zero-order chi connectivity index (χ0) is 11.5. The maximum atomic E-state index is 11.0. The van der Waals surface area contributed by atoms with Crippen molar-refractivity contribution in [2.75, 3.05) is 11.4 Å². The van der Waals surface area contributed by atoms with Gasteiger partial charge in [-0.05, 0) is 18.9 Å². The Balaban J connectivity index is 2.37. The number of pyridine rings is 1. The highest BCUT2D eigenvalue weighted by molar-refractivity contribution is 5.79. The minimum atomic E-state index is -0.842. The summed E-state index contributed by atoms with van der Waals surface area (Å²) in [5.74, 6) is -0.842. The number of nitrogens with zero attached hydrogens (tertiary/aromatic N) is 3. The molecule has 1 atom stereocenters. The van der Waals surface area contributed by atoms with Crippen molar-refractivity contribution in [2.45, 2.75) is 18.9 Å². The van der Waals surface area contributed by atoms with E-state index in [4.69, 9.17) is 10.4 Å². The summed E-state index contributed by atoms with van der Waals surface area (Å²) in [6.07, 6.45) is 4.54. The first-order valence-corrected chi connectivity index (χ1v) is 5.07. The first-order valence-electron chi connectivity index (χ1n) is 5.07. The smallest absolute Gasteiger partial charge is 0.326 e. The molecule has 0 saturated carbocycles. The number of anilines is 1. The van der Waals surface area contributed by atoms with Crippen molar-refractivity contribution < 1.29 is 9.90 Å². The Morgan fingerprint density at radius 1 is 1.69 bits per heavy atom. The molecule has 0 aromatic carbocycles. The lowest BCUT2D eigenvalue weighted by Crippen LogP contribution is -2.36. The minimum absolute atomic E-state index is 0.475. The van der Waals surface area contributed by atoms with E-state index < -0.39 is 12.0 Å². The molecule has 5 heteroatoms. The molecule has 2 rings (SSSR count). The van der Waals surface area contributed by atoms with Crippen molar-refractivity contribution in [3.63, 3.8) is 0 Å². The van der Waals surface area contributed by atoms with Crippen LogP contribution in [0.3, 0.4) is 0 Å². The van der Waals surface area contributed by atoms with Gasteiger partial charge in [0, 0.05) is 12.7 Å². The van der Waals surface area contributed by atoms with E-state index in [1.807, 2.05) is 0 Å². The van der Waals surface area contributed by atoms with Crippen molar-refractivity contribution >= 4 is 11.7 Å². The monoisotopic (exact) mass is 217 g/mol. The van der Waals surface area contributed by atoms with Crippen LogP contribution < -0.4 is 4.90 Å². The predicted octanol–water partition coefficient (Wildman–Crippen LogP) is 1.01. The molecule has 1 saturated heterocycles. The van der Waals surface area contributed by atoms with Crippen molar-refractivity contribution in [3.8, 4) is 6.07 Å². The SMILES string of the molecule is N#Cc1ccncc1N1CCCC1C(=O)O. The fourth-order valence-corrected chi connectivity index (χ4v) is 2.02. The van der Waals surface area contributed by atoms with Crippen LogP contribution >= 0.6 is 0 Å². The van der Waals surface area contributed by atoms with Crippen LogP contribution in [-0.2, 0) is 4.79 Å². The van der Waals surface area contributed by atoms with E-state index in [1.165, 1.54) is 6.20 Å². The number of aromatic nitrogens is 1. The third-order valence-electron chi connectivity index (χ3n) is 2.77. The second-order valence-corrected chi connectivity index (χ2v) is 3.69. The number of rotatable bonds is 2. The molecule has 16 heavy (non-hydrogen) atoms.